The van der Waals surface area contributed by atoms with Crippen molar-refractivity contribution in [2.45, 2.75) is 89.6 Å². The maximum absolute atomic E-state index is 11.9. The maximum Gasteiger partial charge on any atom is 0.309 e. The summed E-state index contributed by atoms with van der Waals surface area (Å²) in [5.41, 5.74) is 0.814. The molecule has 0 amide bonds. The Hall–Kier alpha value is -2.70. The van der Waals surface area contributed by atoms with Gasteiger partial charge in [-0.05, 0) is 76.3 Å². The maximum atomic E-state index is 11.9. The number of carbonyl (C=O) groups excluding carboxylic acids is 2. The van der Waals surface area contributed by atoms with Crippen LogP contribution in [-0.4, -0.2) is 33.4 Å². The second-order valence-corrected chi connectivity index (χ2v) is 10.7. The van der Waals surface area contributed by atoms with Gasteiger partial charge in [0.05, 0.1) is 23.0 Å². The lowest BCUT2D eigenvalue weighted by molar-refractivity contribution is -0.153. The van der Waals surface area contributed by atoms with Crippen molar-refractivity contribution in [1.82, 2.24) is 0 Å². The van der Waals surface area contributed by atoms with E-state index in [-0.39, 0.29) is 23.8 Å². The lowest BCUT2D eigenvalue weighted by atomic mass is 9.80. The van der Waals surface area contributed by atoms with Gasteiger partial charge in [0.15, 0.2) is 0 Å². The van der Waals surface area contributed by atoms with Crippen LogP contribution < -0.4 is 0 Å². The molecule has 2 N–H and O–H groups in total. The molecule has 36 heavy (non-hydrogen) atoms. The van der Waals surface area contributed by atoms with Crippen molar-refractivity contribution >= 4 is 11.9 Å². The second kappa shape index (κ2) is 13.0. The predicted octanol–water partition coefficient (Wildman–Crippen LogP) is 5.34. The molecule has 2 aliphatic carbocycles. The van der Waals surface area contributed by atoms with Crippen molar-refractivity contribution in [1.29, 1.82) is 0 Å². The first-order valence-electron chi connectivity index (χ1n) is 13.0. The Morgan fingerprint density at radius 3 is 1.28 bits per heavy atom. The van der Waals surface area contributed by atoms with Crippen LogP contribution >= 0.6 is 0 Å². The highest BCUT2D eigenvalue weighted by Crippen LogP contribution is 2.33. The SMILES string of the molecule is CC1(O)CCC(C(=O)OCc2ccccc2)CC1.CC1(O)CCC(C(=O)OCc2ccccc2)CC1. The molecule has 0 unspecified atom stereocenters. The van der Waals surface area contributed by atoms with E-state index in [4.69, 9.17) is 9.47 Å². The highest BCUT2D eigenvalue weighted by Gasteiger charge is 2.33. The normalized spacial score (nSPS) is 27.8. The molecule has 2 aliphatic rings. The molecule has 0 radical (unpaired) electrons. The van der Waals surface area contributed by atoms with Crippen molar-refractivity contribution in [3.8, 4) is 0 Å². The number of hydrogen-bond acceptors (Lipinski definition) is 6. The van der Waals surface area contributed by atoms with E-state index in [1.807, 2.05) is 74.5 Å². The van der Waals surface area contributed by atoms with Crippen molar-refractivity contribution < 1.29 is 29.3 Å². The third kappa shape index (κ3) is 9.40. The van der Waals surface area contributed by atoms with Gasteiger partial charge >= 0.3 is 11.9 Å². The van der Waals surface area contributed by atoms with E-state index in [1.165, 1.54) is 0 Å². The quantitative estimate of drug-likeness (QED) is 0.524. The van der Waals surface area contributed by atoms with Gasteiger partial charge in [-0.3, -0.25) is 9.59 Å². The third-order valence-corrected chi connectivity index (χ3v) is 7.24. The summed E-state index contributed by atoms with van der Waals surface area (Å²) in [6.07, 6.45) is 5.61. The van der Waals surface area contributed by atoms with Gasteiger partial charge in [0.1, 0.15) is 13.2 Å². The minimum absolute atomic E-state index is 0.0473. The second-order valence-electron chi connectivity index (χ2n) is 10.7. The Kier molecular flexibility index (Phi) is 10.1. The van der Waals surface area contributed by atoms with E-state index < -0.39 is 11.2 Å². The molecule has 0 aromatic heterocycles. The number of benzene rings is 2. The Balaban J connectivity index is 0.000000201. The fourth-order valence-corrected chi connectivity index (χ4v) is 4.64. The van der Waals surface area contributed by atoms with Gasteiger partial charge in [0.25, 0.3) is 0 Å². The summed E-state index contributed by atoms with van der Waals surface area (Å²) in [5, 5.41) is 19.7. The molecule has 0 saturated heterocycles. The summed E-state index contributed by atoms with van der Waals surface area (Å²) < 4.78 is 10.6. The zero-order valence-electron chi connectivity index (χ0n) is 21.5. The molecule has 2 aromatic carbocycles. The number of ether oxygens (including phenoxy) is 2. The molecule has 0 heterocycles. The Morgan fingerprint density at radius 1 is 0.667 bits per heavy atom. The van der Waals surface area contributed by atoms with E-state index >= 15 is 0 Å². The van der Waals surface area contributed by atoms with Crippen LogP contribution in [0.3, 0.4) is 0 Å². The molecule has 6 heteroatoms. The lowest BCUT2D eigenvalue weighted by Gasteiger charge is -2.31. The lowest BCUT2D eigenvalue weighted by Crippen LogP contribution is -2.33. The third-order valence-electron chi connectivity index (χ3n) is 7.24. The minimum Gasteiger partial charge on any atom is -0.461 e. The summed E-state index contributed by atoms with van der Waals surface area (Å²) in [6, 6.07) is 19.4. The molecular formula is C30H40O6. The van der Waals surface area contributed by atoms with Crippen molar-refractivity contribution in [2.24, 2.45) is 11.8 Å². The Labute approximate surface area is 214 Å². The summed E-state index contributed by atoms with van der Waals surface area (Å²) in [5.74, 6) is -0.355. The highest BCUT2D eigenvalue weighted by molar-refractivity contribution is 5.73. The van der Waals surface area contributed by atoms with Crippen molar-refractivity contribution in [3.05, 3.63) is 71.8 Å². The van der Waals surface area contributed by atoms with Crippen LogP contribution in [0.5, 0.6) is 0 Å². The topological polar surface area (TPSA) is 93.1 Å². The molecule has 4 rings (SSSR count). The van der Waals surface area contributed by atoms with Crippen LogP contribution in [0.1, 0.15) is 76.3 Å². The molecule has 0 aliphatic heterocycles. The smallest absolute Gasteiger partial charge is 0.309 e. The first kappa shape index (κ1) is 27.9. The number of esters is 2. The van der Waals surface area contributed by atoms with Gasteiger partial charge < -0.3 is 19.7 Å². The summed E-state index contributed by atoms with van der Waals surface area (Å²) >= 11 is 0. The van der Waals surface area contributed by atoms with Gasteiger partial charge in [-0.25, -0.2) is 0 Å². The molecule has 6 nitrogen and oxygen atoms in total. The van der Waals surface area contributed by atoms with E-state index in [0.717, 1.165) is 36.8 Å². The minimum atomic E-state index is -0.601. The van der Waals surface area contributed by atoms with Gasteiger partial charge in [-0.1, -0.05) is 60.7 Å². The van der Waals surface area contributed by atoms with Gasteiger partial charge in [-0.2, -0.15) is 0 Å². The van der Waals surface area contributed by atoms with E-state index in [0.29, 0.717) is 38.9 Å². The Bertz CT molecular complexity index is 854. The average Bonchev–Trinajstić information content (AvgIpc) is 2.87. The first-order chi connectivity index (χ1) is 17.1. The fraction of sp³-hybridized carbons (Fsp3) is 0.533. The molecule has 0 bridgehead atoms. The zero-order chi connectivity index (χ0) is 26.0. The fourth-order valence-electron chi connectivity index (χ4n) is 4.64. The highest BCUT2D eigenvalue weighted by atomic mass is 16.5. The molecule has 0 spiro atoms. The number of rotatable bonds is 6. The molecule has 196 valence electrons. The van der Waals surface area contributed by atoms with Crippen molar-refractivity contribution in [3.63, 3.8) is 0 Å². The predicted molar refractivity (Wildman–Crippen MR) is 138 cm³/mol. The van der Waals surface area contributed by atoms with E-state index in [9.17, 15) is 19.8 Å². The molecule has 2 fully saturated rings. The standard InChI is InChI=1S/2C15H20O3/c2*1-15(17)9-7-13(8-10-15)14(16)18-11-12-5-3-2-4-6-12/h2*2-6,13,17H,7-11H2,1H3. The van der Waals surface area contributed by atoms with Crippen LogP contribution in [0.15, 0.2) is 60.7 Å². The summed E-state index contributed by atoms with van der Waals surface area (Å²) in [6.45, 7) is 4.34. The number of aliphatic hydroxyl groups is 2. The Morgan fingerprint density at radius 2 is 0.972 bits per heavy atom. The van der Waals surface area contributed by atoms with E-state index in [1.54, 1.807) is 0 Å². The van der Waals surface area contributed by atoms with E-state index in [2.05, 4.69) is 0 Å². The van der Waals surface area contributed by atoms with Crippen LogP contribution in [0.25, 0.3) is 0 Å². The van der Waals surface area contributed by atoms with Crippen LogP contribution in [0.4, 0.5) is 0 Å². The molecular weight excluding hydrogens is 456 g/mol. The summed E-state index contributed by atoms with van der Waals surface area (Å²) in [7, 11) is 0. The number of hydrogen-bond donors (Lipinski definition) is 2. The first-order valence-corrected chi connectivity index (χ1v) is 13.0. The van der Waals surface area contributed by atoms with Gasteiger partial charge in [-0.15, -0.1) is 0 Å². The van der Waals surface area contributed by atoms with Crippen LogP contribution in [0.2, 0.25) is 0 Å². The number of carbonyl (C=O) groups is 2. The van der Waals surface area contributed by atoms with Gasteiger partial charge in [0, 0.05) is 0 Å². The molecule has 2 aromatic rings. The molecule has 2 saturated carbocycles. The average molecular weight is 497 g/mol. The molecule has 0 atom stereocenters. The largest absolute Gasteiger partial charge is 0.461 e. The van der Waals surface area contributed by atoms with Crippen LogP contribution in [0, 0.1) is 11.8 Å². The van der Waals surface area contributed by atoms with Crippen LogP contribution in [-0.2, 0) is 32.3 Å². The zero-order valence-corrected chi connectivity index (χ0v) is 21.5. The van der Waals surface area contributed by atoms with Crippen molar-refractivity contribution in [2.75, 3.05) is 0 Å². The monoisotopic (exact) mass is 496 g/mol. The summed E-state index contributed by atoms with van der Waals surface area (Å²) in [4.78, 5) is 23.8. The van der Waals surface area contributed by atoms with Gasteiger partial charge in [0.2, 0.25) is 0 Å².